The molecular formula is C13H22N4OS2. The maximum absolute atomic E-state index is 11.4. The zero-order valence-electron chi connectivity index (χ0n) is 12.0. The fourth-order valence-corrected chi connectivity index (χ4v) is 4.58. The van der Waals surface area contributed by atoms with Crippen molar-refractivity contribution in [2.75, 3.05) is 49.6 Å². The van der Waals surface area contributed by atoms with E-state index in [-0.39, 0.29) is 0 Å². The number of carbonyl (C=O) groups is 1. The molecule has 1 saturated heterocycles. The monoisotopic (exact) mass is 314 g/mol. The lowest BCUT2D eigenvalue weighted by Gasteiger charge is -2.35. The Labute approximate surface area is 128 Å². The average molecular weight is 314 g/mol. The smallest absolute Gasteiger partial charge is 0.261 e. The van der Waals surface area contributed by atoms with Crippen LogP contribution in [0.1, 0.15) is 23.0 Å². The van der Waals surface area contributed by atoms with Gasteiger partial charge in [-0.1, -0.05) is 6.92 Å². The van der Waals surface area contributed by atoms with Gasteiger partial charge in [-0.2, -0.15) is 0 Å². The van der Waals surface area contributed by atoms with Crippen molar-refractivity contribution in [1.29, 1.82) is 0 Å². The summed E-state index contributed by atoms with van der Waals surface area (Å²) in [4.78, 5) is 17.7. The third kappa shape index (κ3) is 3.05. The molecule has 0 spiro atoms. The van der Waals surface area contributed by atoms with Gasteiger partial charge in [-0.25, -0.2) is 0 Å². The summed E-state index contributed by atoms with van der Waals surface area (Å²) >= 11 is 3.01. The van der Waals surface area contributed by atoms with Crippen LogP contribution in [0.4, 0.5) is 10.7 Å². The van der Waals surface area contributed by atoms with E-state index in [4.69, 9.17) is 11.5 Å². The van der Waals surface area contributed by atoms with Crippen molar-refractivity contribution in [1.82, 2.24) is 4.90 Å². The van der Waals surface area contributed by atoms with Crippen molar-refractivity contribution in [2.24, 2.45) is 5.73 Å². The van der Waals surface area contributed by atoms with E-state index in [0.29, 0.717) is 10.6 Å². The summed E-state index contributed by atoms with van der Waals surface area (Å²) in [6.07, 6.45) is 3.17. The quantitative estimate of drug-likeness (QED) is 0.809. The second-order valence-corrected chi connectivity index (χ2v) is 6.69. The minimum atomic E-state index is -0.432. The van der Waals surface area contributed by atoms with Gasteiger partial charge in [0.25, 0.3) is 5.91 Å². The van der Waals surface area contributed by atoms with E-state index in [9.17, 15) is 4.79 Å². The van der Waals surface area contributed by atoms with Gasteiger partial charge >= 0.3 is 0 Å². The van der Waals surface area contributed by atoms with Crippen LogP contribution in [0.5, 0.6) is 0 Å². The predicted molar refractivity (Wildman–Crippen MR) is 88.0 cm³/mol. The lowest BCUT2D eigenvalue weighted by Crippen LogP contribution is -2.46. The first kappa shape index (κ1) is 15.5. The summed E-state index contributed by atoms with van der Waals surface area (Å²) in [5.41, 5.74) is 12.0. The highest BCUT2D eigenvalue weighted by molar-refractivity contribution is 7.99. The Morgan fingerprint density at radius 3 is 2.50 bits per heavy atom. The summed E-state index contributed by atoms with van der Waals surface area (Å²) < 4.78 is 0. The zero-order chi connectivity index (χ0) is 14.7. The maximum Gasteiger partial charge on any atom is 0.261 e. The number of piperazine rings is 1. The Kier molecular flexibility index (Phi) is 5.17. The van der Waals surface area contributed by atoms with Crippen LogP contribution in [0.3, 0.4) is 0 Å². The van der Waals surface area contributed by atoms with E-state index in [0.717, 1.165) is 42.6 Å². The normalized spacial score (nSPS) is 16.6. The van der Waals surface area contributed by atoms with Crippen LogP contribution >= 0.6 is 23.1 Å². The molecule has 4 N–H and O–H groups in total. The van der Waals surface area contributed by atoms with E-state index in [2.05, 4.69) is 16.7 Å². The summed E-state index contributed by atoms with van der Waals surface area (Å²) in [5.74, 6) is -0.432. The van der Waals surface area contributed by atoms with Crippen molar-refractivity contribution in [3.05, 3.63) is 4.88 Å². The molecule has 0 saturated carbocycles. The van der Waals surface area contributed by atoms with E-state index >= 15 is 0 Å². The molecule has 0 aliphatic carbocycles. The van der Waals surface area contributed by atoms with Gasteiger partial charge in [-0.15, -0.1) is 23.1 Å². The summed E-state index contributed by atoms with van der Waals surface area (Å²) in [7, 11) is 0. The Hall–Kier alpha value is -0.920. The lowest BCUT2D eigenvalue weighted by molar-refractivity contribution is 0.100. The van der Waals surface area contributed by atoms with Crippen LogP contribution in [-0.2, 0) is 0 Å². The van der Waals surface area contributed by atoms with Gasteiger partial charge in [-0.05, 0) is 19.2 Å². The fraction of sp³-hybridized carbons (Fsp3) is 0.615. The highest BCUT2D eigenvalue weighted by Gasteiger charge is 2.25. The Bertz CT molecular complexity index is 481. The highest BCUT2D eigenvalue weighted by Crippen LogP contribution is 2.43. The van der Waals surface area contributed by atoms with Crippen LogP contribution in [0.2, 0.25) is 0 Å². The predicted octanol–water partition coefficient (Wildman–Crippen LogP) is 1.68. The number of nitrogen functional groups attached to an aromatic ring is 1. The standard InChI is InChI=1S/C13H22N4OS2/c1-3-4-16-5-7-17(8-6-16)13-11(19-2)9(14)10(20-13)12(15)18/h3-8,14H2,1-2H3,(H2,15,18). The summed E-state index contributed by atoms with van der Waals surface area (Å²) in [5, 5.41) is 1.10. The third-order valence-electron chi connectivity index (χ3n) is 3.51. The molecule has 1 amide bonds. The number of hydrogen-bond acceptors (Lipinski definition) is 6. The second-order valence-electron chi connectivity index (χ2n) is 4.88. The molecule has 0 atom stereocenters. The van der Waals surface area contributed by atoms with E-state index < -0.39 is 5.91 Å². The SMILES string of the molecule is CCCN1CCN(c2sc(C(N)=O)c(N)c2SC)CC1. The largest absolute Gasteiger partial charge is 0.396 e. The molecule has 1 aromatic heterocycles. The number of thioether (sulfide) groups is 1. The van der Waals surface area contributed by atoms with Crippen molar-refractivity contribution in [3.8, 4) is 0 Å². The van der Waals surface area contributed by atoms with Crippen molar-refractivity contribution in [3.63, 3.8) is 0 Å². The lowest BCUT2D eigenvalue weighted by atomic mass is 10.3. The van der Waals surface area contributed by atoms with Gasteiger partial charge in [0.15, 0.2) is 0 Å². The molecular weight excluding hydrogens is 292 g/mol. The number of thiophene rings is 1. The molecule has 1 aliphatic heterocycles. The summed E-state index contributed by atoms with van der Waals surface area (Å²) in [6, 6.07) is 0. The van der Waals surface area contributed by atoms with Gasteiger partial charge in [0.05, 0.1) is 10.6 Å². The van der Waals surface area contributed by atoms with Crippen LogP contribution < -0.4 is 16.4 Å². The molecule has 0 aromatic carbocycles. The second kappa shape index (κ2) is 6.69. The maximum atomic E-state index is 11.4. The Morgan fingerprint density at radius 2 is 2.00 bits per heavy atom. The van der Waals surface area contributed by atoms with Crippen LogP contribution in [0.15, 0.2) is 4.90 Å². The number of rotatable bonds is 5. The molecule has 0 radical (unpaired) electrons. The van der Waals surface area contributed by atoms with Crippen molar-refractivity contribution >= 4 is 39.7 Å². The minimum Gasteiger partial charge on any atom is -0.396 e. The van der Waals surface area contributed by atoms with Crippen molar-refractivity contribution in [2.45, 2.75) is 18.2 Å². The van der Waals surface area contributed by atoms with Crippen molar-refractivity contribution < 1.29 is 4.79 Å². The molecule has 1 aromatic rings. The molecule has 112 valence electrons. The molecule has 20 heavy (non-hydrogen) atoms. The van der Waals surface area contributed by atoms with Gasteiger partial charge in [0.2, 0.25) is 0 Å². The topological polar surface area (TPSA) is 75.6 Å². The van der Waals surface area contributed by atoms with Crippen LogP contribution in [0, 0.1) is 0 Å². The molecule has 2 rings (SSSR count). The van der Waals surface area contributed by atoms with E-state index in [1.165, 1.54) is 17.8 Å². The first-order chi connectivity index (χ1) is 9.58. The number of nitrogens with two attached hydrogens (primary N) is 2. The van der Waals surface area contributed by atoms with Crippen LogP contribution in [-0.4, -0.2) is 49.8 Å². The van der Waals surface area contributed by atoms with Gasteiger partial charge in [0, 0.05) is 26.2 Å². The summed E-state index contributed by atoms with van der Waals surface area (Å²) in [6.45, 7) is 7.44. The van der Waals surface area contributed by atoms with Gasteiger partial charge in [0.1, 0.15) is 9.88 Å². The number of hydrogen-bond donors (Lipinski definition) is 2. The highest BCUT2D eigenvalue weighted by atomic mass is 32.2. The van der Waals surface area contributed by atoms with E-state index in [1.807, 2.05) is 6.26 Å². The molecule has 0 bridgehead atoms. The molecule has 2 heterocycles. The first-order valence-electron chi connectivity index (χ1n) is 6.81. The number of amides is 1. The van der Waals surface area contributed by atoms with Crippen LogP contribution in [0.25, 0.3) is 0 Å². The fourth-order valence-electron chi connectivity index (χ4n) is 2.50. The van der Waals surface area contributed by atoms with Gasteiger partial charge in [-0.3, -0.25) is 9.69 Å². The number of anilines is 2. The number of nitrogens with zero attached hydrogens (tertiary/aromatic N) is 2. The number of carbonyl (C=O) groups excluding carboxylic acids is 1. The molecule has 1 aliphatic rings. The minimum absolute atomic E-state index is 0.432. The molecule has 5 nitrogen and oxygen atoms in total. The van der Waals surface area contributed by atoms with E-state index in [1.54, 1.807) is 11.8 Å². The number of primary amides is 1. The first-order valence-corrected chi connectivity index (χ1v) is 8.86. The average Bonchev–Trinajstić information content (AvgIpc) is 2.77. The van der Waals surface area contributed by atoms with Gasteiger partial charge < -0.3 is 16.4 Å². The zero-order valence-corrected chi connectivity index (χ0v) is 13.6. The Morgan fingerprint density at radius 1 is 1.35 bits per heavy atom. The molecule has 0 unspecified atom stereocenters. The molecule has 7 heteroatoms. The third-order valence-corrected chi connectivity index (χ3v) is 5.74. The molecule has 1 fully saturated rings. The Balaban J connectivity index is 2.17.